The zero-order chi connectivity index (χ0) is 39.5. The Morgan fingerprint density at radius 2 is 1.17 bits per heavy atom. The Balaban J connectivity index is 1.12. The molecule has 59 heavy (non-hydrogen) atoms. The maximum atomic E-state index is 2.60. The van der Waals surface area contributed by atoms with E-state index >= 15 is 0 Å². The minimum Gasteiger partial charge on any atom is -0.310 e. The van der Waals surface area contributed by atoms with E-state index in [4.69, 9.17) is 0 Å². The van der Waals surface area contributed by atoms with Gasteiger partial charge < -0.3 is 4.90 Å². The summed E-state index contributed by atoms with van der Waals surface area (Å²) in [4.78, 5) is 2.60. The van der Waals surface area contributed by atoms with Crippen molar-refractivity contribution in [1.29, 1.82) is 0 Å². The SMILES string of the molecule is CC1(C)c2cc(-c3ccccc3)ccc2-c2c(-c3ccccc3)cc(N(c3ccc(C4CC5CCC4C5)cc3)c3ccccc3-c3ccccc3C3CCCCC3)cc21. The molecule has 0 aliphatic heterocycles. The van der Waals surface area contributed by atoms with Gasteiger partial charge in [-0.15, -0.1) is 0 Å². The molecule has 4 aliphatic carbocycles. The molecule has 3 atom stereocenters. The van der Waals surface area contributed by atoms with Gasteiger partial charge in [-0.3, -0.25) is 0 Å². The smallest absolute Gasteiger partial charge is 0.0540 e. The lowest BCUT2D eigenvalue weighted by atomic mass is 9.80. The molecule has 0 aromatic heterocycles. The number of benzene rings is 7. The third-order valence-electron chi connectivity index (χ3n) is 15.0. The molecule has 0 saturated heterocycles. The first-order valence-electron chi connectivity index (χ1n) is 22.5. The second-order valence-corrected chi connectivity index (χ2v) is 18.7. The quantitative estimate of drug-likeness (QED) is 0.149. The highest BCUT2D eigenvalue weighted by molar-refractivity contribution is 5.98. The van der Waals surface area contributed by atoms with Gasteiger partial charge in [0.15, 0.2) is 0 Å². The van der Waals surface area contributed by atoms with Gasteiger partial charge in [-0.1, -0.05) is 167 Å². The van der Waals surface area contributed by atoms with Gasteiger partial charge in [0.05, 0.1) is 5.69 Å². The summed E-state index contributed by atoms with van der Waals surface area (Å²) in [5.41, 5.74) is 19.8. The van der Waals surface area contributed by atoms with Crippen LogP contribution in [0.4, 0.5) is 17.1 Å². The first-order chi connectivity index (χ1) is 29.0. The molecule has 7 aromatic rings. The number of hydrogen-bond acceptors (Lipinski definition) is 1. The molecule has 0 heterocycles. The number of para-hydroxylation sites is 1. The molecular weight excluding hydrogens is 711 g/mol. The molecule has 292 valence electrons. The monoisotopic (exact) mass is 765 g/mol. The molecule has 11 rings (SSSR count). The van der Waals surface area contributed by atoms with E-state index in [0.29, 0.717) is 11.8 Å². The van der Waals surface area contributed by atoms with Crippen molar-refractivity contribution in [3.8, 4) is 44.5 Å². The predicted molar refractivity (Wildman–Crippen MR) is 249 cm³/mol. The second-order valence-electron chi connectivity index (χ2n) is 18.7. The topological polar surface area (TPSA) is 3.24 Å². The maximum Gasteiger partial charge on any atom is 0.0540 e. The van der Waals surface area contributed by atoms with E-state index in [0.717, 1.165) is 11.8 Å². The van der Waals surface area contributed by atoms with Crippen LogP contribution in [0.2, 0.25) is 0 Å². The number of fused-ring (bicyclic) bond motifs is 5. The lowest BCUT2D eigenvalue weighted by Crippen LogP contribution is -2.17. The summed E-state index contributed by atoms with van der Waals surface area (Å²) in [6, 6.07) is 62.6. The van der Waals surface area contributed by atoms with Crippen molar-refractivity contribution >= 4 is 17.1 Å². The Hall–Kier alpha value is -5.66. The summed E-state index contributed by atoms with van der Waals surface area (Å²) < 4.78 is 0. The average Bonchev–Trinajstić information content (AvgIpc) is 4.00. The van der Waals surface area contributed by atoms with Gasteiger partial charge in [0, 0.05) is 22.4 Å². The summed E-state index contributed by atoms with van der Waals surface area (Å²) in [7, 11) is 0. The van der Waals surface area contributed by atoms with E-state index in [-0.39, 0.29) is 5.41 Å². The molecule has 3 fully saturated rings. The van der Waals surface area contributed by atoms with Crippen molar-refractivity contribution < 1.29 is 0 Å². The maximum absolute atomic E-state index is 2.60. The lowest BCUT2D eigenvalue weighted by Gasteiger charge is -2.32. The minimum absolute atomic E-state index is 0.209. The van der Waals surface area contributed by atoms with Crippen molar-refractivity contribution in [3.63, 3.8) is 0 Å². The van der Waals surface area contributed by atoms with E-state index in [1.54, 1.807) is 0 Å². The molecule has 7 aromatic carbocycles. The first-order valence-corrected chi connectivity index (χ1v) is 22.5. The standard InChI is InChI=1S/C58H55N/c1-58(2)54-36-44(40-16-6-3-7-17-40)30-33-51(54)57-53(42-20-10-5-11-21-42)37-47(38-55(57)58)59(46-31-28-43(29-32-46)52-35-39-26-27-45(52)34-39)56-25-15-14-24-50(56)49-23-13-12-22-48(49)41-18-8-4-9-19-41/h3,5-7,10-17,20-25,28-33,36-39,41,45,52H,4,8-9,18-19,26-27,34-35H2,1-2H3. The van der Waals surface area contributed by atoms with Gasteiger partial charge in [-0.2, -0.15) is 0 Å². The molecule has 0 spiro atoms. The molecule has 4 aliphatic rings. The van der Waals surface area contributed by atoms with Crippen molar-refractivity contribution in [2.24, 2.45) is 11.8 Å². The highest BCUT2D eigenvalue weighted by Crippen LogP contribution is 2.57. The highest BCUT2D eigenvalue weighted by atomic mass is 15.1. The molecule has 1 heteroatoms. The van der Waals surface area contributed by atoms with E-state index in [2.05, 4.69) is 183 Å². The number of hydrogen-bond donors (Lipinski definition) is 0. The van der Waals surface area contributed by atoms with Crippen LogP contribution in [-0.2, 0) is 5.41 Å². The van der Waals surface area contributed by atoms with Crippen LogP contribution in [0.25, 0.3) is 44.5 Å². The molecule has 0 radical (unpaired) electrons. The van der Waals surface area contributed by atoms with Crippen LogP contribution in [0.3, 0.4) is 0 Å². The lowest BCUT2D eigenvalue weighted by molar-refractivity contribution is 0.420. The van der Waals surface area contributed by atoms with Crippen LogP contribution in [0.1, 0.15) is 106 Å². The van der Waals surface area contributed by atoms with E-state index < -0.39 is 0 Å². The normalized spacial score (nSPS) is 20.3. The number of rotatable bonds is 8. The molecule has 0 amide bonds. The molecule has 2 bridgehead atoms. The van der Waals surface area contributed by atoms with Gasteiger partial charge in [0.25, 0.3) is 0 Å². The largest absolute Gasteiger partial charge is 0.310 e. The van der Waals surface area contributed by atoms with E-state index in [1.807, 2.05) is 0 Å². The highest BCUT2D eigenvalue weighted by Gasteiger charge is 2.41. The van der Waals surface area contributed by atoms with Crippen molar-refractivity contribution in [1.82, 2.24) is 0 Å². The van der Waals surface area contributed by atoms with Gasteiger partial charge >= 0.3 is 0 Å². The second kappa shape index (κ2) is 14.9. The Kier molecular flexibility index (Phi) is 9.18. The molecular formula is C58H55N. The van der Waals surface area contributed by atoms with Crippen LogP contribution < -0.4 is 4.90 Å². The van der Waals surface area contributed by atoms with E-state index in [1.165, 1.54) is 142 Å². The summed E-state index contributed by atoms with van der Waals surface area (Å²) >= 11 is 0. The molecule has 0 N–H and O–H groups in total. The first kappa shape index (κ1) is 36.4. The molecule has 3 unspecified atom stereocenters. The van der Waals surface area contributed by atoms with Gasteiger partial charge in [-0.25, -0.2) is 0 Å². The zero-order valence-corrected chi connectivity index (χ0v) is 34.7. The van der Waals surface area contributed by atoms with Gasteiger partial charge in [0.1, 0.15) is 0 Å². The van der Waals surface area contributed by atoms with Crippen LogP contribution in [-0.4, -0.2) is 0 Å². The average molecular weight is 766 g/mol. The van der Waals surface area contributed by atoms with Crippen molar-refractivity contribution in [2.45, 2.75) is 88.9 Å². The van der Waals surface area contributed by atoms with Crippen LogP contribution in [0, 0.1) is 11.8 Å². The minimum atomic E-state index is -0.209. The summed E-state index contributed by atoms with van der Waals surface area (Å²) in [6.45, 7) is 4.88. The predicted octanol–water partition coefficient (Wildman–Crippen LogP) is 16.4. The third-order valence-corrected chi connectivity index (χ3v) is 15.0. The van der Waals surface area contributed by atoms with Gasteiger partial charge in [0.2, 0.25) is 0 Å². The number of nitrogens with zero attached hydrogens (tertiary/aromatic N) is 1. The van der Waals surface area contributed by atoms with Gasteiger partial charge in [-0.05, 0) is 153 Å². The van der Waals surface area contributed by atoms with Crippen molar-refractivity contribution in [2.75, 3.05) is 4.90 Å². The van der Waals surface area contributed by atoms with Crippen molar-refractivity contribution in [3.05, 3.63) is 186 Å². The van der Waals surface area contributed by atoms with Crippen LogP contribution in [0.15, 0.2) is 164 Å². The number of anilines is 3. The zero-order valence-electron chi connectivity index (χ0n) is 34.7. The van der Waals surface area contributed by atoms with Crippen LogP contribution >= 0.6 is 0 Å². The Bertz CT molecular complexity index is 2630. The summed E-state index contributed by atoms with van der Waals surface area (Å²) in [6.07, 6.45) is 12.2. The third kappa shape index (κ3) is 6.37. The fourth-order valence-electron chi connectivity index (χ4n) is 12.0. The fraction of sp³-hybridized carbons (Fsp3) is 0.276. The summed E-state index contributed by atoms with van der Waals surface area (Å²) in [5.74, 6) is 3.09. The Morgan fingerprint density at radius 1 is 0.475 bits per heavy atom. The van der Waals surface area contributed by atoms with E-state index in [9.17, 15) is 0 Å². The molecule has 3 saturated carbocycles. The Labute approximate surface area is 351 Å². The molecule has 1 nitrogen and oxygen atoms in total. The Morgan fingerprint density at radius 3 is 1.90 bits per heavy atom. The summed E-state index contributed by atoms with van der Waals surface area (Å²) in [5, 5.41) is 0. The fourth-order valence-corrected chi connectivity index (χ4v) is 12.0. The van der Waals surface area contributed by atoms with Crippen LogP contribution in [0.5, 0.6) is 0 Å².